The lowest BCUT2D eigenvalue weighted by atomic mass is 9.87. The molecule has 0 amide bonds. The van der Waals surface area contributed by atoms with Crippen LogP contribution in [-0.2, 0) is 5.41 Å². The number of fused-ring (bicyclic) bond motifs is 1. The maximum absolute atomic E-state index is 5.88. The Balaban J connectivity index is 2.09. The van der Waals surface area contributed by atoms with Crippen LogP contribution in [0.4, 0.5) is 5.69 Å². The molecule has 0 spiro atoms. The van der Waals surface area contributed by atoms with Gasteiger partial charge in [0.05, 0.1) is 0 Å². The first-order chi connectivity index (χ1) is 9.43. The summed E-state index contributed by atoms with van der Waals surface area (Å²) in [6.07, 6.45) is 0. The van der Waals surface area contributed by atoms with Crippen LogP contribution in [0.5, 0.6) is 0 Å². The van der Waals surface area contributed by atoms with Crippen molar-refractivity contribution < 1.29 is 4.42 Å². The molecule has 1 heterocycles. The van der Waals surface area contributed by atoms with Gasteiger partial charge in [0, 0.05) is 11.3 Å². The number of nitrogen functional groups attached to an aromatic ring is 1. The van der Waals surface area contributed by atoms with E-state index in [1.807, 2.05) is 30.3 Å². The average molecular weight is 266 g/mol. The molecule has 0 atom stereocenters. The Morgan fingerprint density at radius 3 is 2.35 bits per heavy atom. The highest BCUT2D eigenvalue weighted by Gasteiger charge is 2.16. The van der Waals surface area contributed by atoms with E-state index in [4.69, 9.17) is 10.2 Å². The largest absolute Gasteiger partial charge is 0.436 e. The van der Waals surface area contributed by atoms with Crippen LogP contribution in [-0.4, -0.2) is 4.98 Å². The van der Waals surface area contributed by atoms with Crippen LogP contribution < -0.4 is 5.73 Å². The predicted octanol–water partition coefficient (Wildman–Crippen LogP) is 4.37. The molecular weight excluding hydrogens is 248 g/mol. The van der Waals surface area contributed by atoms with E-state index in [1.165, 1.54) is 5.56 Å². The van der Waals surface area contributed by atoms with Crippen LogP contribution in [0.1, 0.15) is 26.3 Å². The molecule has 2 aromatic carbocycles. The first-order valence-corrected chi connectivity index (χ1v) is 6.70. The first kappa shape index (κ1) is 12.7. The molecule has 0 aliphatic carbocycles. The summed E-state index contributed by atoms with van der Waals surface area (Å²) in [6.45, 7) is 6.56. The first-order valence-electron chi connectivity index (χ1n) is 6.70. The summed E-state index contributed by atoms with van der Waals surface area (Å²) < 4.78 is 5.88. The Labute approximate surface area is 118 Å². The number of benzene rings is 2. The zero-order chi connectivity index (χ0) is 14.3. The van der Waals surface area contributed by atoms with Crippen molar-refractivity contribution in [2.24, 2.45) is 0 Å². The van der Waals surface area contributed by atoms with Crippen molar-refractivity contribution in [3.8, 4) is 11.5 Å². The number of aromatic nitrogens is 1. The van der Waals surface area contributed by atoms with Gasteiger partial charge < -0.3 is 10.2 Å². The highest BCUT2D eigenvalue weighted by atomic mass is 16.3. The van der Waals surface area contributed by atoms with Crippen molar-refractivity contribution in [3.05, 3.63) is 48.0 Å². The molecule has 3 nitrogen and oxygen atoms in total. The minimum atomic E-state index is 0.0995. The molecule has 0 unspecified atom stereocenters. The van der Waals surface area contributed by atoms with Gasteiger partial charge in [-0.15, -0.1) is 0 Å². The smallest absolute Gasteiger partial charge is 0.227 e. The Morgan fingerprint density at radius 2 is 1.70 bits per heavy atom. The van der Waals surface area contributed by atoms with Crippen molar-refractivity contribution in [1.29, 1.82) is 0 Å². The van der Waals surface area contributed by atoms with Crippen molar-refractivity contribution in [1.82, 2.24) is 4.98 Å². The molecule has 20 heavy (non-hydrogen) atoms. The van der Waals surface area contributed by atoms with E-state index in [0.717, 1.165) is 22.4 Å². The number of rotatable bonds is 1. The van der Waals surface area contributed by atoms with Gasteiger partial charge in [0.1, 0.15) is 5.52 Å². The lowest BCUT2D eigenvalue weighted by molar-refractivity contribution is 0.584. The lowest BCUT2D eigenvalue weighted by Crippen LogP contribution is -2.10. The van der Waals surface area contributed by atoms with Gasteiger partial charge in [-0.25, -0.2) is 4.98 Å². The summed E-state index contributed by atoms with van der Waals surface area (Å²) in [7, 11) is 0. The van der Waals surface area contributed by atoms with E-state index < -0.39 is 0 Å². The molecule has 3 heteroatoms. The van der Waals surface area contributed by atoms with Gasteiger partial charge in [0.25, 0.3) is 0 Å². The second-order valence-electron chi connectivity index (χ2n) is 6.07. The van der Waals surface area contributed by atoms with Crippen LogP contribution >= 0.6 is 0 Å². The normalized spacial score (nSPS) is 11.9. The summed E-state index contributed by atoms with van der Waals surface area (Å²) in [5.41, 5.74) is 10.4. The number of nitrogens with zero attached hydrogens (tertiary/aromatic N) is 1. The van der Waals surface area contributed by atoms with Crippen molar-refractivity contribution in [2.75, 3.05) is 5.73 Å². The van der Waals surface area contributed by atoms with Gasteiger partial charge in [0.15, 0.2) is 5.58 Å². The quantitative estimate of drug-likeness (QED) is 0.665. The fourth-order valence-corrected chi connectivity index (χ4v) is 2.14. The van der Waals surface area contributed by atoms with Crippen LogP contribution in [0.3, 0.4) is 0 Å². The molecule has 1 aromatic heterocycles. The molecule has 102 valence electrons. The maximum Gasteiger partial charge on any atom is 0.227 e. The Morgan fingerprint density at radius 1 is 1.00 bits per heavy atom. The summed E-state index contributed by atoms with van der Waals surface area (Å²) >= 11 is 0. The molecule has 2 N–H and O–H groups in total. The molecule has 3 rings (SSSR count). The zero-order valence-corrected chi connectivity index (χ0v) is 12.0. The van der Waals surface area contributed by atoms with Gasteiger partial charge in [-0.05, 0) is 47.4 Å². The summed E-state index contributed by atoms with van der Waals surface area (Å²) in [5, 5.41) is 0. The summed E-state index contributed by atoms with van der Waals surface area (Å²) in [6, 6.07) is 13.7. The molecule has 0 saturated heterocycles. The van der Waals surface area contributed by atoms with E-state index in [2.05, 4.69) is 37.9 Å². The molecular formula is C17H18N2O. The van der Waals surface area contributed by atoms with Gasteiger partial charge >= 0.3 is 0 Å². The van der Waals surface area contributed by atoms with E-state index >= 15 is 0 Å². The Kier molecular flexibility index (Phi) is 2.78. The van der Waals surface area contributed by atoms with Gasteiger partial charge in [-0.1, -0.05) is 26.8 Å². The highest BCUT2D eigenvalue weighted by Crippen LogP contribution is 2.29. The fourth-order valence-electron chi connectivity index (χ4n) is 2.14. The van der Waals surface area contributed by atoms with Gasteiger partial charge in [0.2, 0.25) is 5.89 Å². The third-order valence-electron chi connectivity index (χ3n) is 3.41. The Hall–Kier alpha value is -2.29. The molecule has 0 radical (unpaired) electrons. The minimum Gasteiger partial charge on any atom is -0.436 e. The molecule has 0 saturated carbocycles. The lowest BCUT2D eigenvalue weighted by Gasteiger charge is -2.18. The summed E-state index contributed by atoms with van der Waals surface area (Å²) in [4.78, 5) is 4.53. The average Bonchev–Trinajstić information content (AvgIpc) is 2.81. The molecule has 3 aromatic rings. The van der Waals surface area contributed by atoms with Gasteiger partial charge in [-0.3, -0.25) is 0 Å². The molecule has 0 aliphatic rings. The number of hydrogen-bond acceptors (Lipinski definition) is 3. The highest BCUT2D eigenvalue weighted by molar-refractivity contribution is 5.77. The van der Waals surface area contributed by atoms with Gasteiger partial charge in [-0.2, -0.15) is 0 Å². The van der Waals surface area contributed by atoms with E-state index in [1.54, 1.807) is 0 Å². The Bertz CT molecular complexity index is 749. The zero-order valence-electron chi connectivity index (χ0n) is 12.0. The number of nitrogens with two attached hydrogens (primary N) is 1. The number of anilines is 1. The van der Waals surface area contributed by atoms with Crippen molar-refractivity contribution in [2.45, 2.75) is 26.2 Å². The molecule has 0 aliphatic heterocycles. The third kappa shape index (κ3) is 2.27. The molecule has 0 fully saturated rings. The van der Waals surface area contributed by atoms with Crippen molar-refractivity contribution in [3.63, 3.8) is 0 Å². The minimum absolute atomic E-state index is 0.0995. The topological polar surface area (TPSA) is 52.0 Å². The number of oxazole rings is 1. The number of hydrogen-bond donors (Lipinski definition) is 1. The van der Waals surface area contributed by atoms with E-state index in [-0.39, 0.29) is 5.41 Å². The maximum atomic E-state index is 5.88. The second kappa shape index (κ2) is 4.37. The van der Waals surface area contributed by atoms with E-state index in [0.29, 0.717) is 5.89 Å². The van der Waals surface area contributed by atoms with E-state index in [9.17, 15) is 0 Å². The fraction of sp³-hybridized carbons (Fsp3) is 0.235. The predicted molar refractivity (Wildman–Crippen MR) is 82.6 cm³/mol. The van der Waals surface area contributed by atoms with Crippen LogP contribution in [0.2, 0.25) is 0 Å². The standard InChI is InChI=1S/C17H18N2O/c1-17(2,3)12-6-9-14-15(10-12)20-16(19-14)11-4-7-13(18)8-5-11/h4-10H,18H2,1-3H3. The molecule has 0 bridgehead atoms. The monoisotopic (exact) mass is 266 g/mol. The van der Waals surface area contributed by atoms with Crippen LogP contribution in [0.25, 0.3) is 22.6 Å². The second-order valence-corrected chi connectivity index (χ2v) is 6.07. The third-order valence-corrected chi connectivity index (χ3v) is 3.41. The summed E-state index contributed by atoms with van der Waals surface area (Å²) in [5.74, 6) is 0.631. The van der Waals surface area contributed by atoms with Crippen LogP contribution in [0, 0.1) is 0 Å². The SMILES string of the molecule is CC(C)(C)c1ccc2nc(-c3ccc(N)cc3)oc2c1. The van der Waals surface area contributed by atoms with Crippen LogP contribution in [0.15, 0.2) is 46.9 Å². The van der Waals surface area contributed by atoms with Crippen molar-refractivity contribution >= 4 is 16.8 Å².